The first-order valence-electron chi connectivity index (χ1n) is 4.81. The normalized spacial score (nSPS) is 13.9. The molecule has 2 nitrogen and oxygen atoms in total. The second-order valence-corrected chi connectivity index (χ2v) is 4.88. The molecule has 0 aromatic rings. The Morgan fingerprint density at radius 1 is 1.54 bits per heavy atom. The molecule has 0 aliphatic heterocycles. The fourth-order valence-corrected chi connectivity index (χ4v) is 1.50. The molecule has 0 bridgehead atoms. The van der Waals surface area contributed by atoms with E-state index in [1.165, 1.54) is 0 Å². The molecule has 0 fully saturated rings. The molecule has 78 valence electrons. The number of alkyl halides is 1. The highest BCUT2D eigenvalue weighted by Gasteiger charge is 2.25. The standard InChI is InChI=1S/C10H20BrNO/c1-5-10(3,4)9(13)12-8(2)6-7-11/h8H,5-7H2,1-4H3,(H,12,13). The van der Waals surface area contributed by atoms with Crippen LogP contribution < -0.4 is 5.32 Å². The summed E-state index contributed by atoms with van der Waals surface area (Å²) in [6, 6.07) is 0.262. The number of hydrogen-bond donors (Lipinski definition) is 1. The second-order valence-electron chi connectivity index (χ2n) is 4.09. The van der Waals surface area contributed by atoms with Gasteiger partial charge in [-0.3, -0.25) is 4.79 Å². The average molecular weight is 250 g/mol. The van der Waals surface area contributed by atoms with Gasteiger partial charge in [-0.1, -0.05) is 36.7 Å². The third-order valence-electron chi connectivity index (χ3n) is 2.42. The van der Waals surface area contributed by atoms with Gasteiger partial charge in [0.15, 0.2) is 0 Å². The van der Waals surface area contributed by atoms with Gasteiger partial charge < -0.3 is 5.32 Å². The predicted octanol–water partition coefficient (Wildman–Crippen LogP) is 2.71. The highest BCUT2D eigenvalue weighted by atomic mass is 79.9. The Kier molecular flexibility index (Phi) is 5.61. The van der Waals surface area contributed by atoms with Crippen LogP contribution in [-0.2, 0) is 4.79 Å². The zero-order valence-electron chi connectivity index (χ0n) is 8.98. The lowest BCUT2D eigenvalue weighted by atomic mass is 9.89. The van der Waals surface area contributed by atoms with Gasteiger partial charge in [0.1, 0.15) is 0 Å². The molecule has 0 saturated carbocycles. The highest BCUT2D eigenvalue weighted by Crippen LogP contribution is 2.19. The summed E-state index contributed by atoms with van der Waals surface area (Å²) >= 11 is 3.36. The fraction of sp³-hybridized carbons (Fsp3) is 0.900. The molecule has 1 unspecified atom stereocenters. The van der Waals surface area contributed by atoms with E-state index in [-0.39, 0.29) is 17.4 Å². The van der Waals surface area contributed by atoms with Crippen molar-refractivity contribution in [2.75, 3.05) is 5.33 Å². The Labute approximate surface area is 89.6 Å². The Hall–Kier alpha value is -0.0500. The summed E-state index contributed by atoms with van der Waals surface area (Å²) < 4.78 is 0. The Bertz CT molecular complexity index is 168. The van der Waals surface area contributed by atoms with Crippen molar-refractivity contribution in [3.05, 3.63) is 0 Å². The van der Waals surface area contributed by atoms with Crippen LogP contribution >= 0.6 is 15.9 Å². The molecule has 0 rings (SSSR count). The zero-order chi connectivity index (χ0) is 10.5. The highest BCUT2D eigenvalue weighted by molar-refractivity contribution is 9.09. The van der Waals surface area contributed by atoms with E-state index in [1.807, 2.05) is 27.7 Å². The summed E-state index contributed by atoms with van der Waals surface area (Å²) in [5.41, 5.74) is -0.236. The van der Waals surface area contributed by atoms with Crippen molar-refractivity contribution in [1.29, 1.82) is 0 Å². The summed E-state index contributed by atoms with van der Waals surface area (Å²) in [6.07, 6.45) is 1.85. The van der Waals surface area contributed by atoms with E-state index < -0.39 is 0 Å². The van der Waals surface area contributed by atoms with Gasteiger partial charge in [0.05, 0.1) is 0 Å². The zero-order valence-corrected chi connectivity index (χ0v) is 10.6. The molecule has 13 heavy (non-hydrogen) atoms. The molecule has 0 aromatic carbocycles. The number of hydrogen-bond acceptors (Lipinski definition) is 1. The third-order valence-corrected chi connectivity index (χ3v) is 2.88. The number of carbonyl (C=O) groups is 1. The van der Waals surface area contributed by atoms with Crippen LogP contribution in [0.5, 0.6) is 0 Å². The van der Waals surface area contributed by atoms with Gasteiger partial charge in [0, 0.05) is 16.8 Å². The molecule has 1 N–H and O–H groups in total. The molecular weight excluding hydrogens is 230 g/mol. The molecule has 0 aliphatic carbocycles. The van der Waals surface area contributed by atoms with Gasteiger partial charge in [-0.15, -0.1) is 0 Å². The maximum atomic E-state index is 11.7. The van der Waals surface area contributed by atoms with Crippen molar-refractivity contribution >= 4 is 21.8 Å². The minimum absolute atomic E-state index is 0.156. The monoisotopic (exact) mass is 249 g/mol. The molecule has 0 aliphatic rings. The summed E-state index contributed by atoms with van der Waals surface area (Å²) in [7, 11) is 0. The van der Waals surface area contributed by atoms with Gasteiger partial charge >= 0.3 is 0 Å². The van der Waals surface area contributed by atoms with Gasteiger partial charge in [0.25, 0.3) is 0 Å². The molecule has 1 amide bonds. The number of nitrogens with one attached hydrogen (secondary N) is 1. The van der Waals surface area contributed by atoms with Gasteiger partial charge in [-0.05, 0) is 19.8 Å². The summed E-state index contributed by atoms with van der Waals surface area (Å²) in [5.74, 6) is 0.156. The van der Waals surface area contributed by atoms with Crippen LogP contribution in [0.4, 0.5) is 0 Å². The van der Waals surface area contributed by atoms with Crippen molar-refractivity contribution in [3.8, 4) is 0 Å². The molecule has 0 heterocycles. The quantitative estimate of drug-likeness (QED) is 0.747. The Morgan fingerprint density at radius 2 is 2.08 bits per heavy atom. The smallest absolute Gasteiger partial charge is 0.225 e. The lowest BCUT2D eigenvalue weighted by molar-refractivity contribution is -0.130. The van der Waals surface area contributed by atoms with E-state index >= 15 is 0 Å². The van der Waals surface area contributed by atoms with Crippen molar-refractivity contribution in [1.82, 2.24) is 5.32 Å². The molecular formula is C10H20BrNO. The molecule has 3 heteroatoms. The van der Waals surface area contributed by atoms with Crippen LogP contribution in [0, 0.1) is 5.41 Å². The van der Waals surface area contributed by atoms with Gasteiger partial charge in [-0.25, -0.2) is 0 Å². The number of halogens is 1. The van der Waals surface area contributed by atoms with E-state index in [1.54, 1.807) is 0 Å². The third kappa shape index (κ3) is 4.65. The number of rotatable bonds is 5. The first kappa shape index (κ1) is 12.9. The molecule has 0 radical (unpaired) electrons. The first-order valence-corrected chi connectivity index (χ1v) is 5.93. The van der Waals surface area contributed by atoms with E-state index in [4.69, 9.17) is 0 Å². The van der Waals surface area contributed by atoms with Crippen molar-refractivity contribution < 1.29 is 4.79 Å². The van der Waals surface area contributed by atoms with Crippen LogP contribution in [0.2, 0.25) is 0 Å². The number of amides is 1. The minimum Gasteiger partial charge on any atom is -0.353 e. The average Bonchev–Trinajstić information content (AvgIpc) is 2.04. The summed E-state index contributed by atoms with van der Waals surface area (Å²) in [4.78, 5) is 11.7. The van der Waals surface area contributed by atoms with E-state index in [2.05, 4.69) is 21.2 Å². The van der Waals surface area contributed by atoms with Crippen LogP contribution in [0.3, 0.4) is 0 Å². The first-order chi connectivity index (χ1) is 5.94. The Balaban J connectivity index is 3.99. The van der Waals surface area contributed by atoms with E-state index in [0.29, 0.717) is 0 Å². The topological polar surface area (TPSA) is 29.1 Å². The van der Waals surface area contributed by atoms with Crippen molar-refractivity contribution in [2.45, 2.75) is 46.6 Å². The van der Waals surface area contributed by atoms with Crippen molar-refractivity contribution in [3.63, 3.8) is 0 Å². The van der Waals surface area contributed by atoms with Crippen LogP contribution in [-0.4, -0.2) is 17.3 Å². The van der Waals surface area contributed by atoms with E-state index in [0.717, 1.165) is 18.2 Å². The van der Waals surface area contributed by atoms with Gasteiger partial charge in [0.2, 0.25) is 5.91 Å². The lowest BCUT2D eigenvalue weighted by Gasteiger charge is -2.24. The molecule has 1 atom stereocenters. The maximum Gasteiger partial charge on any atom is 0.225 e. The molecule has 0 aromatic heterocycles. The maximum absolute atomic E-state index is 11.7. The Morgan fingerprint density at radius 3 is 2.46 bits per heavy atom. The van der Waals surface area contributed by atoms with Gasteiger partial charge in [-0.2, -0.15) is 0 Å². The van der Waals surface area contributed by atoms with E-state index in [9.17, 15) is 4.79 Å². The number of carbonyl (C=O) groups excluding carboxylic acids is 1. The largest absolute Gasteiger partial charge is 0.353 e. The fourth-order valence-electron chi connectivity index (χ4n) is 0.816. The molecule has 0 saturated heterocycles. The van der Waals surface area contributed by atoms with Crippen LogP contribution in [0.1, 0.15) is 40.5 Å². The SMILES string of the molecule is CCC(C)(C)C(=O)NC(C)CCBr. The van der Waals surface area contributed by atoms with Crippen molar-refractivity contribution in [2.24, 2.45) is 5.41 Å². The predicted molar refractivity (Wildman–Crippen MR) is 60.1 cm³/mol. The van der Waals surface area contributed by atoms with Crippen LogP contribution in [0.15, 0.2) is 0 Å². The summed E-state index contributed by atoms with van der Waals surface area (Å²) in [5, 5.41) is 3.93. The second kappa shape index (κ2) is 5.63. The minimum atomic E-state index is -0.236. The summed E-state index contributed by atoms with van der Waals surface area (Å²) in [6.45, 7) is 8.02. The van der Waals surface area contributed by atoms with Crippen LogP contribution in [0.25, 0.3) is 0 Å². The molecule has 0 spiro atoms. The lowest BCUT2D eigenvalue weighted by Crippen LogP contribution is -2.41.